The quantitative estimate of drug-likeness (QED) is 0.440. The minimum atomic E-state index is -4.70. The third kappa shape index (κ3) is 5.39. The van der Waals surface area contributed by atoms with Gasteiger partial charge in [-0.15, -0.1) is 11.3 Å². The average molecular weight is 516 g/mol. The molecule has 8 nitrogen and oxygen atoms in total. The largest absolute Gasteiger partial charge is 0.434 e. The Labute approximate surface area is 195 Å². The van der Waals surface area contributed by atoms with Crippen LogP contribution >= 0.6 is 11.3 Å². The first-order valence-corrected chi connectivity index (χ1v) is 12.3. The lowest BCUT2D eigenvalue weighted by atomic mass is 10.0. The summed E-state index contributed by atoms with van der Waals surface area (Å²) in [4.78, 5) is 23.6. The monoisotopic (exact) mass is 515 g/mol. The lowest BCUT2D eigenvalue weighted by molar-refractivity contribution is -0.141. The van der Waals surface area contributed by atoms with E-state index in [1.807, 2.05) is 0 Å². The summed E-state index contributed by atoms with van der Waals surface area (Å²) in [6.07, 6.45) is -2.30. The number of hydrogen-bond donors (Lipinski definition) is 2. The third-order valence-electron chi connectivity index (χ3n) is 5.02. The maximum atomic E-state index is 14.6. The van der Waals surface area contributed by atoms with Crippen molar-refractivity contribution < 1.29 is 30.8 Å². The van der Waals surface area contributed by atoms with Crippen molar-refractivity contribution in [3.05, 3.63) is 58.7 Å². The van der Waals surface area contributed by atoms with Gasteiger partial charge >= 0.3 is 6.18 Å². The zero-order valence-corrected chi connectivity index (χ0v) is 18.8. The number of carbonyl (C=O) groups excluding carboxylic acids is 1. The number of sulfonamides is 1. The summed E-state index contributed by atoms with van der Waals surface area (Å²) in [5, 5.41) is 1.09. The molecule has 1 fully saturated rings. The van der Waals surface area contributed by atoms with Crippen LogP contribution in [0.2, 0.25) is 0 Å². The maximum absolute atomic E-state index is 14.6. The van der Waals surface area contributed by atoms with Gasteiger partial charge in [0.15, 0.2) is 16.6 Å². The predicted octanol–water partition coefficient (Wildman–Crippen LogP) is 3.47. The normalized spacial score (nSPS) is 15.2. The van der Waals surface area contributed by atoms with E-state index in [1.165, 1.54) is 17.5 Å². The van der Waals surface area contributed by atoms with Gasteiger partial charge in [0.05, 0.1) is 29.0 Å². The van der Waals surface area contributed by atoms with Crippen LogP contribution in [0.25, 0.3) is 11.3 Å². The zero-order valence-electron chi connectivity index (χ0n) is 17.2. The Bertz CT molecular complexity index is 1340. The van der Waals surface area contributed by atoms with Crippen LogP contribution in [-0.2, 0) is 27.4 Å². The molecule has 0 aliphatic heterocycles. The van der Waals surface area contributed by atoms with Gasteiger partial charge in [0.2, 0.25) is 10.0 Å². The van der Waals surface area contributed by atoms with E-state index in [2.05, 4.69) is 19.7 Å². The Balaban J connectivity index is 1.45. The van der Waals surface area contributed by atoms with Crippen molar-refractivity contribution in [2.45, 2.75) is 36.7 Å². The number of nitrogens with two attached hydrogens (primary N) is 1. The Morgan fingerprint density at radius 3 is 2.62 bits per heavy atom. The van der Waals surface area contributed by atoms with Gasteiger partial charge in [-0.3, -0.25) is 14.5 Å². The summed E-state index contributed by atoms with van der Waals surface area (Å²) in [7, 11) is -3.51. The molecule has 3 N–H and O–H groups in total. The fourth-order valence-corrected chi connectivity index (χ4v) is 5.36. The molecule has 34 heavy (non-hydrogen) atoms. The van der Waals surface area contributed by atoms with Crippen molar-refractivity contribution in [1.29, 1.82) is 0 Å². The highest BCUT2D eigenvalue weighted by Gasteiger charge is 2.36. The lowest BCUT2D eigenvalue weighted by Crippen LogP contribution is -2.24. The summed E-state index contributed by atoms with van der Waals surface area (Å²) in [6.45, 7) is 0. The summed E-state index contributed by atoms with van der Waals surface area (Å²) < 4.78 is 79.5. The molecule has 0 radical (unpaired) electrons. The number of nitrogens with zero attached hydrogens (tertiary/aromatic N) is 3. The van der Waals surface area contributed by atoms with Crippen LogP contribution in [0.3, 0.4) is 0 Å². The third-order valence-corrected chi connectivity index (χ3v) is 7.75. The second kappa shape index (κ2) is 9.00. The van der Waals surface area contributed by atoms with Gasteiger partial charge in [-0.25, -0.2) is 22.8 Å². The van der Waals surface area contributed by atoms with Gasteiger partial charge in [0.25, 0.3) is 0 Å². The average Bonchev–Trinajstić information content (AvgIpc) is 3.55. The topological polar surface area (TPSA) is 128 Å². The van der Waals surface area contributed by atoms with Crippen LogP contribution < -0.4 is 10.5 Å². The molecule has 0 saturated heterocycles. The highest BCUT2D eigenvalue weighted by atomic mass is 32.2. The molecule has 1 aromatic carbocycles. The first-order chi connectivity index (χ1) is 15.9. The van der Waals surface area contributed by atoms with E-state index in [4.69, 9.17) is 5.73 Å². The van der Waals surface area contributed by atoms with Crippen molar-refractivity contribution >= 4 is 32.3 Å². The van der Waals surface area contributed by atoms with Gasteiger partial charge in [0, 0.05) is 17.4 Å². The Kier molecular flexibility index (Phi) is 6.40. The molecule has 4 rings (SSSR count). The minimum Gasteiger partial charge on any atom is -0.316 e. The number of aromatic nitrogens is 3. The van der Waals surface area contributed by atoms with E-state index in [9.17, 15) is 30.8 Å². The van der Waals surface area contributed by atoms with E-state index >= 15 is 0 Å². The summed E-state index contributed by atoms with van der Waals surface area (Å²) >= 11 is 0.979. The molecule has 1 atom stereocenters. The number of anilines is 1. The van der Waals surface area contributed by atoms with Crippen LogP contribution in [0.4, 0.5) is 22.7 Å². The van der Waals surface area contributed by atoms with E-state index < -0.39 is 51.2 Å². The first kappa shape index (κ1) is 24.2. The second-order valence-corrected chi connectivity index (χ2v) is 10.5. The predicted molar refractivity (Wildman–Crippen MR) is 116 cm³/mol. The van der Waals surface area contributed by atoms with E-state index in [0.717, 1.165) is 23.6 Å². The number of Topliss-reactive ketones (excluding diaryl/α,β-unsaturated/α-hetero) is 1. The number of halogens is 4. The first-order valence-electron chi connectivity index (χ1n) is 9.87. The van der Waals surface area contributed by atoms with Crippen LogP contribution in [0.5, 0.6) is 0 Å². The zero-order chi connectivity index (χ0) is 24.7. The number of rotatable bonds is 8. The van der Waals surface area contributed by atoms with Crippen LogP contribution in [0.1, 0.15) is 35.8 Å². The number of thiazole rings is 1. The van der Waals surface area contributed by atoms with Gasteiger partial charge < -0.3 is 5.73 Å². The fourth-order valence-electron chi connectivity index (χ4n) is 3.01. The van der Waals surface area contributed by atoms with Crippen LogP contribution in [-0.4, -0.2) is 34.4 Å². The van der Waals surface area contributed by atoms with Gasteiger partial charge in [0.1, 0.15) is 11.9 Å². The lowest BCUT2D eigenvalue weighted by Gasteiger charge is -2.10. The van der Waals surface area contributed by atoms with Crippen LogP contribution in [0, 0.1) is 5.82 Å². The molecular formula is C20H17F4N5O3S2. The number of nitrogens with one attached hydrogen (secondary N) is 1. The number of carbonyl (C=O) groups is 1. The van der Waals surface area contributed by atoms with Gasteiger partial charge in [-0.2, -0.15) is 13.2 Å². The molecule has 180 valence electrons. The van der Waals surface area contributed by atoms with E-state index in [-0.39, 0.29) is 27.6 Å². The Morgan fingerprint density at radius 1 is 1.24 bits per heavy atom. The van der Waals surface area contributed by atoms with Crippen molar-refractivity contribution in [1.82, 2.24) is 15.0 Å². The standard InChI is InChI=1S/C20H17F4N5O3S2/c21-13-5-11(14-7-26-8-17(27-14)20(22,23)24)2-1-10(13)6-16(30)18(25)15-9-33-19(28-15)29-34(31,32)12-3-4-12/h1-2,5,7-9,12,18H,3-4,6,25H2,(H,28,29). The smallest absolute Gasteiger partial charge is 0.316 e. The molecule has 1 unspecified atom stereocenters. The van der Waals surface area contributed by atoms with Crippen molar-refractivity contribution in [2.75, 3.05) is 4.72 Å². The molecule has 3 aromatic rings. The number of ketones is 1. The number of hydrogen-bond acceptors (Lipinski definition) is 8. The highest BCUT2D eigenvalue weighted by Crippen LogP contribution is 2.32. The molecule has 2 aromatic heterocycles. The Morgan fingerprint density at radius 2 is 1.97 bits per heavy atom. The van der Waals surface area contributed by atoms with E-state index in [1.54, 1.807) is 0 Å². The number of benzene rings is 1. The summed E-state index contributed by atoms with van der Waals surface area (Å²) in [5.74, 6) is -1.40. The van der Waals surface area contributed by atoms with Gasteiger partial charge in [-0.05, 0) is 24.5 Å². The SMILES string of the molecule is NC(C(=O)Cc1ccc(-c2cncc(C(F)(F)F)n2)cc1F)c1csc(NS(=O)(=O)C2CC2)n1. The van der Waals surface area contributed by atoms with Crippen molar-refractivity contribution in [3.63, 3.8) is 0 Å². The molecule has 1 saturated carbocycles. The molecule has 0 spiro atoms. The maximum Gasteiger partial charge on any atom is 0.434 e. The molecule has 0 bridgehead atoms. The van der Waals surface area contributed by atoms with Crippen molar-refractivity contribution in [3.8, 4) is 11.3 Å². The molecular weight excluding hydrogens is 498 g/mol. The fraction of sp³-hybridized carbons (Fsp3) is 0.300. The summed E-state index contributed by atoms with van der Waals surface area (Å²) in [5.41, 5.74) is 4.73. The number of alkyl halides is 3. The molecule has 14 heteroatoms. The second-order valence-electron chi connectivity index (χ2n) is 7.64. The molecule has 1 aliphatic rings. The van der Waals surface area contributed by atoms with Crippen molar-refractivity contribution in [2.24, 2.45) is 5.73 Å². The molecule has 2 heterocycles. The van der Waals surface area contributed by atoms with Crippen LogP contribution in [0.15, 0.2) is 36.0 Å². The van der Waals surface area contributed by atoms with E-state index in [0.29, 0.717) is 19.0 Å². The highest BCUT2D eigenvalue weighted by molar-refractivity contribution is 7.93. The molecule has 0 amide bonds. The Hall–Kier alpha value is -2.97. The minimum absolute atomic E-state index is 0.0194. The van der Waals surface area contributed by atoms with Gasteiger partial charge in [-0.1, -0.05) is 12.1 Å². The summed E-state index contributed by atoms with van der Waals surface area (Å²) in [6, 6.07) is 2.33. The molecule has 1 aliphatic carbocycles.